The van der Waals surface area contributed by atoms with E-state index in [1.54, 1.807) is 18.9 Å². The van der Waals surface area contributed by atoms with Gasteiger partial charge in [0, 0.05) is 26.6 Å². The minimum Gasteiger partial charge on any atom is -0.466 e. The van der Waals surface area contributed by atoms with E-state index in [-0.39, 0.29) is 12.5 Å². The van der Waals surface area contributed by atoms with E-state index in [0.29, 0.717) is 38.3 Å². The fraction of sp³-hybridized carbons (Fsp3) is 0.824. The predicted molar refractivity (Wildman–Crippen MR) is 86.9 cm³/mol. The molecule has 2 aliphatic heterocycles. The summed E-state index contributed by atoms with van der Waals surface area (Å²) in [5.74, 6) is -1.49. The van der Waals surface area contributed by atoms with Crippen molar-refractivity contribution in [2.75, 3.05) is 26.7 Å². The van der Waals surface area contributed by atoms with Crippen LogP contribution in [0.1, 0.15) is 40.0 Å². The molecule has 0 bridgehead atoms. The van der Waals surface area contributed by atoms with Gasteiger partial charge in [-0.25, -0.2) is 0 Å². The first-order chi connectivity index (χ1) is 11.2. The summed E-state index contributed by atoms with van der Waals surface area (Å²) in [6, 6.07) is 0. The largest absolute Gasteiger partial charge is 0.466 e. The quantitative estimate of drug-likeness (QED) is 0.749. The third-order valence-corrected chi connectivity index (χ3v) is 5.25. The van der Waals surface area contributed by atoms with Crippen molar-refractivity contribution >= 4 is 17.8 Å². The monoisotopic (exact) mass is 340 g/mol. The molecule has 7 nitrogen and oxygen atoms in total. The number of likely N-dealkylation sites (tertiary alicyclic amines) is 2. The number of likely N-dealkylation sites (N-methyl/N-ethyl adjacent to an activating group) is 1. The highest BCUT2D eigenvalue weighted by Crippen LogP contribution is 2.43. The summed E-state index contributed by atoms with van der Waals surface area (Å²) >= 11 is 0. The fourth-order valence-corrected chi connectivity index (χ4v) is 3.91. The number of nitrogens with zero attached hydrogens (tertiary/aromatic N) is 2. The number of carbonyl (C=O) groups is 3. The Hall–Kier alpha value is -1.63. The van der Waals surface area contributed by atoms with Crippen LogP contribution in [0.2, 0.25) is 0 Å². The van der Waals surface area contributed by atoms with Gasteiger partial charge in [-0.15, -0.1) is 0 Å². The van der Waals surface area contributed by atoms with Crippen LogP contribution in [0.5, 0.6) is 0 Å². The number of esters is 1. The molecule has 0 saturated carbocycles. The van der Waals surface area contributed by atoms with E-state index in [9.17, 15) is 19.5 Å². The highest BCUT2D eigenvalue weighted by Gasteiger charge is 2.61. The third-order valence-electron chi connectivity index (χ3n) is 5.25. The van der Waals surface area contributed by atoms with Gasteiger partial charge >= 0.3 is 5.97 Å². The van der Waals surface area contributed by atoms with Crippen LogP contribution in [0.15, 0.2) is 0 Å². The van der Waals surface area contributed by atoms with Crippen molar-refractivity contribution in [1.29, 1.82) is 0 Å². The highest BCUT2D eigenvalue weighted by atomic mass is 16.5. The lowest BCUT2D eigenvalue weighted by molar-refractivity contribution is -0.156. The van der Waals surface area contributed by atoms with Gasteiger partial charge in [-0.1, -0.05) is 13.8 Å². The van der Waals surface area contributed by atoms with Gasteiger partial charge in [-0.2, -0.15) is 0 Å². The van der Waals surface area contributed by atoms with E-state index in [1.165, 1.54) is 4.90 Å². The molecule has 0 aromatic heterocycles. The van der Waals surface area contributed by atoms with Crippen molar-refractivity contribution < 1.29 is 24.2 Å². The number of carbonyl (C=O) groups excluding carboxylic acids is 3. The molecule has 0 unspecified atom stereocenters. The normalized spacial score (nSPS) is 26.3. The second kappa shape index (κ2) is 7.09. The second-order valence-electron chi connectivity index (χ2n) is 7.15. The zero-order valence-corrected chi connectivity index (χ0v) is 14.9. The molecule has 2 fully saturated rings. The maximum atomic E-state index is 12.3. The van der Waals surface area contributed by atoms with Crippen molar-refractivity contribution in [3.05, 3.63) is 0 Å². The van der Waals surface area contributed by atoms with Crippen LogP contribution in [-0.4, -0.2) is 71.1 Å². The number of rotatable bonds is 4. The summed E-state index contributed by atoms with van der Waals surface area (Å²) in [5.41, 5.74) is -0.767. The lowest BCUT2D eigenvalue weighted by atomic mass is 9.76. The van der Waals surface area contributed by atoms with Gasteiger partial charge in [0.1, 0.15) is 12.0 Å². The molecule has 0 radical (unpaired) electrons. The Morgan fingerprint density at radius 3 is 2.42 bits per heavy atom. The summed E-state index contributed by atoms with van der Waals surface area (Å²) < 4.78 is 5.09. The molecule has 0 aliphatic carbocycles. The van der Waals surface area contributed by atoms with Crippen LogP contribution in [0.3, 0.4) is 0 Å². The SMILES string of the molecule is CCOC(=O)[C@H]1[C@@H](O)C(=O)N(C)C12CCN(C(=O)CC(C)C)CC2. The van der Waals surface area contributed by atoms with Gasteiger partial charge < -0.3 is 19.6 Å². The van der Waals surface area contributed by atoms with E-state index in [0.717, 1.165) is 0 Å². The van der Waals surface area contributed by atoms with Crippen LogP contribution in [0.25, 0.3) is 0 Å². The van der Waals surface area contributed by atoms with Crippen molar-refractivity contribution in [2.45, 2.75) is 51.7 Å². The molecular formula is C17H28N2O5. The minimum atomic E-state index is -1.37. The van der Waals surface area contributed by atoms with Gasteiger partial charge in [-0.05, 0) is 25.7 Å². The number of hydrogen-bond acceptors (Lipinski definition) is 5. The van der Waals surface area contributed by atoms with Crippen molar-refractivity contribution in [3.63, 3.8) is 0 Å². The Kier molecular flexibility index (Phi) is 5.52. The molecular weight excluding hydrogens is 312 g/mol. The van der Waals surface area contributed by atoms with Crippen molar-refractivity contribution in [1.82, 2.24) is 9.80 Å². The van der Waals surface area contributed by atoms with E-state index in [2.05, 4.69) is 0 Å². The molecule has 7 heteroatoms. The van der Waals surface area contributed by atoms with Crippen LogP contribution in [-0.2, 0) is 19.1 Å². The Balaban J connectivity index is 2.17. The Morgan fingerprint density at radius 2 is 1.92 bits per heavy atom. The standard InChI is InChI=1S/C17H28N2O5/c1-5-24-16(23)13-14(21)15(22)18(4)17(13)6-8-19(9-7-17)12(20)10-11(2)3/h11,13-14,21H,5-10H2,1-4H3/t13-,14-/m1/s1. The molecule has 2 amide bonds. The number of aliphatic hydroxyl groups excluding tert-OH is 1. The molecule has 1 N–H and O–H groups in total. The number of hydrogen-bond donors (Lipinski definition) is 1. The zero-order chi connectivity index (χ0) is 18.1. The van der Waals surface area contributed by atoms with E-state index in [4.69, 9.17) is 4.74 Å². The van der Waals surface area contributed by atoms with Gasteiger partial charge in [0.15, 0.2) is 0 Å². The number of ether oxygens (including phenoxy) is 1. The Bertz CT molecular complexity index is 511. The van der Waals surface area contributed by atoms with Gasteiger partial charge in [0.2, 0.25) is 5.91 Å². The first-order valence-corrected chi connectivity index (χ1v) is 8.64. The maximum absolute atomic E-state index is 12.3. The molecule has 0 aromatic carbocycles. The van der Waals surface area contributed by atoms with Gasteiger partial charge in [0.05, 0.1) is 12.1 Å². The summed E-state index contributed by atoms with van der Waals surface area (Å²) in [6.45, 7) is 6.86. The fourth-order valence-electron chi connectivity index (χ4n) is 3.91. The molecule has 2 aliphatic rings. The van der Waals surface area contributed by atoms with E-state index >= 15 is 0 Å². The second-order valence-corrected chi connectivity index (χ2v) is 7.15. The number of amides is 2. The smallest absolute Gasteiger partial charge is 0.314 e. The summed E-state index contributed by atoms with van der Waals surface area (Å²) in [6.07, 6.45) is 0.0669. The summed E-state index contributed by atoms with van der Waals surface area (Å²) in [4.78, 5) is 40.1. The number of piperidine rings is 1. The van der Waals surface area contributed by atoms with Crippen LogP contribution in [0, 0.1) is 11.8 Å². The molecule has 2 saturated heterocycles. The molecule has 2 rings (SSSR count). The van der Waals surface area contributed by atoms with E-state index in [1.807, 2.05) is 13.8 Å². The number of aliphatic hydroxyl groups is 1. The van der Waals surface area contributed by atoms with Gasteiger partial charge in [0.25, 0.3) is 5.91 Å². The first kappa shape index (κ1) is 18.7. The maximum Gasteiger partial charge on any atom is 0.314 e. The lowest BCUT2D eigenvalue weighted by Gasteiger charge is -2.45. The Morgan fingerprint density at radius 1 is 1.33 bits per heavy atom. The first-order valence-electron chi connectivity index (χ1n) is 8.64. The average Bonchev–Trinajstić information content (AvgIpc) is 2.69. The minimum absolute atomic E-state index is 0.0973. The van der Waals surface area contributed by atoms with E-state index < -0.39 is 29.4 Å². The summed E-state index contributed by atoms with van der Waals surface area (Å²) in [5, 5.41) is 10.3. The molecule has 24 heavy (non-hydrogen) atoms. The van der Waals surface area contributed by atoms with Crippen molar-refractivity contribution in [3.8, 4) is 0 Å². The average molecular weight is 340 g/mol. The molecule has 1 spiro atoms. The van der Waals surface area contributed by atoms with Crippen molar-refractivity contribution in [2.24, 2.45) is 11.8 Å². The molecule has 0 aromatic rings. The predicted octanol–water partition coefficient (Wildman–Crippen LogP) is 0.406. The lowest BCUT2D eigenvalue weighted by Crippen LogP contribution is -2.57. The zero-order valence-electron chi connectivity index (χ0n) is 14.9. The Labute approximate surface area is 142 Å². The highest BCUT2D eigenvalue weighted by molar-refractivity contribution is 5.92. The summed E-state index contributed by atoms with van der Waals surface area (Å²) in [7, 11) is 1.62. The molecule has 2 heterocycles. The topological polar surface area (TPSA) is 87.2 Å². The van der Waals surface area contributed by atoms with Crippen LogP contribution in [0.4, 0.5) is 0 Å². The van der Waals surface area contributed by atoms with Gasteiger partial charge in [-0.3, -0.25) is 14.4 Å². The molecule has 136 valence electrons. The molecule has 2 atom stereocenters. The third kappa shape index (κ3) is 3.14. The van der Waals surface area contributed by atoms with Crippen LogP contribution >= 0.6 is 0 Å². The van der Waals surface area contributed by atoms with Crippen LogP contribution < -0.4 is 0 Å².